The van der Waals surface area contributed by atoms with Crippen LogP contribution in [-0.4, -0.2) is 7.11 Å². The maximum Gasteiger partial charge on any atom is 0.137 e. The summed E-state index contributed by atoms with van der Waals surface area (Å²) < 4.78 is 18.7. The van der Waals surface area contributed by atoms with E-state index in [2.05, 4.69) is 21.2 Å². The number of nitrogens with one attached hydrogen (secondary N) is 1. The molecule has 0 aliphatic heterocycles. The van der Waals surface area contributed by atoms with Gasteiger partial charge in [0, 0.05) is 12.6 Å². The van der Waals surface area contributed by atoms with Gasteiger partial charge in [0.15, 0.2) is 0 Å². The Kier molecular flexibility index (Phi) is 4.66. The van der Waals surface area contributed by atoms with E-state index >= 15 is 0 Å². The summed E-state index contributed by atoms with van der Waals surface area (Å²) in [5, 5.41) is 3.81. The van der Waals surface area contributed by atoms with Gasteiger partial charge in [-0.05, 0) is 45.8 Å². The molecule has 0 saturated carbocycles. The Bertz CT molecular complexity index is 592. The molecule has 0 heterocycles. The first-order valence-corrected chi connectivity index (χ1v) is 6.78. The van der Waals surface area contributed by atoms with Gasteiger partial charge in [-0.2, -0.15) is 0 Å². The second kappa shape index (κ2) is 6.26. The van der Waals surface area contributed by atoms with Crippen molar-refractivity contribution in [2.75, 3.05) is 12.4 Å². The number of rotatable bonds is 4. The Labute approximate surface area is 124 Å². The minimum atomic E-state index is -0.275. The van der Waals surface area contributed by atoms with Gasteiger partial charge >= 0.3 is 0 Å². The maximum absolute atomic E-state index is 13.1. The maximum atomic E-state index is 13.1. The van der Waals surface area contributed by atoms with Crippen LogP contribution in [-0.2, 0) is 6.54 Å². The molecule has 0 aromatic heterocycles. The van der Waals surface area contributed by atoms with Crippen molar-refractivity contribution in [2.24, 2.45) is 0 Å². The molecule has 0 amide bonds. The zero-order chi connectivity index (χ0) is 13.8. The van der Waals surface area contributed by atoms with Crippen molar-refractivity contribution < 1.29 is 9.13 Å². The SMILES string of the molecule is COc1ccc(Cl)c(NCc2ccc(F)c(Br)c2)c1. The van der Waals surface area contributed by atoms with Crippen molar-refractivity contribution in [2.45, 2.75) is 6.54 Å². The highest BCUT2D eigenvalue weighted by Crippen LogP contribution is 2.27. The van der Waals surface area contributed by atoms with Crippen LogP contribution in [0.25, 0.3) is 0 Å². The lowest BCUT2D eigenvalue weighted by atomic mass is 10.2. The van der Waals surface area contributed by atoms with E-state index in [-0.39, 0.29) is 5.82 Å². The molecular weight excluding hydrogens is 333 g/mol. The van der Waals surface area contributed by atoms with E-state index < -0.39 is 0 Å². The van der Waals surface area contributed by atoms with Crippen LogP contribution in [0.2, 0.25) is 5.02 Å². The quantitative estimate of drug-likeness (QED) is 0.855. The van der Waals surface area contributed by atoms with E-state index in [4.69, 9.17) is 16.3 Å². The Balaban J connectivity index is 2.11. The number of halogens is 3. The van der Waals surface area contributed by atoms with Crippen LogP contribution in [0.4, 0.5) is 10.1 Å². The minimum absolute atomic E-state index is 0.275. The molecule has 2 aromatic rings. The molecule has 0 saturated heterocycles. The van der Waals surface area contributed by atoms with Crippen LogP contribution in [0.1, 0.15) is 5.56 Å². The molecule has 0 spiro atoms. The van der Waals surface area contributed by atoms with Crippen LogP contribution >= 0.6 is 27.5 Å². The topological polar surface area (TPSA) is 21.3 Å². The van der Waals surface area contributed by atoms with Gasteiger partial charge in [0.2, 0.25) is 0 Å². The monoisotopic (exact) mass is 343 g/mol. The standard InChI is InChI=1S/C14H12BrClFNO/c1-19-10-3-4-12(16)14(7-10)18-8-9-2-5-13(17)11(15)6-9/h2-7,18H,8H2,1H3. The van der Waals surface area contributed by atoms with Crippen LogP contribution < -0.4 is 10.1 Å². The van der Waals surface area contributed by atoms with Crippen LogP contribution in [0.5, 0.6) is 5.75 Å². The highest BCUT2D eigenvalue weighted by Gasteiger charge is 2.04. The van der Waals surface area contributed by atoms with Gasteiger partial charge in [-0.15, -0.1) is 0 Å². The third-order valence-corrected chi connectivity index (χ3v) is 3.58. The predicted octanol–water partition coefficient (Wildman–Crippen LogP) is 4.86. The number of anilines is 1. The fraction of sp³-hybridized carbons (Fsp3) is 0.143. The van der Waals surface area contributed by atoms with Crippen molar-refractivity contribution in [3.8, 4) is 5.75 Å². The van der Waals surface area contributed by atoms with Gasteiger partial charge in [0.1, 0.15) is 11.6 Å². The van der Waals surface area contributed by atoms with Crippen LogP contribution in [0.3, 0.4) is 0 Å². The van der Waals surface area contributed by atoms with Crippen molar-refractivity contribution >= 4 is 33.2 Å². The van der Waals surface area contributed by atoms with Crippen molar-refractivity contribution in [3.63, 3.8) is 0 Å². The molecule has 0 radical (unpaired) electrons. The predicted molar refractivity (Wildman–Crippen MR) is 79.4 cm³/mol. The summed E-state index contributed by atoms with van der Waals surface area (Å²) in [6.07, 6.45) is 0. The average molecular weight is 345 g/mol. The summed E-state index contributed by atoms with van der Waals surface area (Å²) in [7, 11) is 1.60. The first kappa shape index (κ1) is 14.2. The van der Waals surface area contributed by atoms with E-state index in [1.807, 2.05) is 6.07 Å². The molecule has 0 aliphatic rings. The minimum Gasteiger partial charge on any atom is -0.497 e. The van der Waals surface area contributed by atoms with Gasteiger partial charge in [0.05, 0.1) is 22.3 Å². The number of hydrogen-bond acceptors (Lipinski definition) is 2. The molecule has 0 atom stereocenters. The molecule has 0 fully saturated rings. The largest absolute Gasteiger partial charge is 0.497 e. The molecule has 0 unspecified atom stereocenters. The normalized spacial score (nSPS) is 10.3. The molecule has 19 heavy (non-hydrogen) atoms. The Morgan fingerprint density at radius 2 is 2.05 bits per heavy atom. The molecular formula is C14H12BrClFNO. The van der Waals surface area contributed by atoms with Gasteiger partial charge in [-0.25, -0.2) is 4.39 Å². The van der Waals surface area contributed by atoms with Crippen molar-refractivity contribution in [1.82, 2.24) is 0 Å². The summed E-state index contributed by atoms with van der Waals surface area (Å²) in [5.41, 5.74) is 1.73. The lowest BCUT2D eigenvalue weighted by Gasteiger charge is -2.10. The smallest absolute Gasteiger partial charge is 0.137 e. The number of ether oxygens (including phenoxy) is 1. The van der Waals surface area contributed by atoms with Crippen LogP contribution in [0.15, 0.2) is 40.9 Å². The zero-order valence-electron chi connectivity index (χ0n) is 10.2. The van der Waals surface area contributed by atoms with Crippen molar-refractivity contribution in [3.05, 3.63) is 57.3 Å². The lowest BCUT2D eigenvalue weighted by molar-refractivity contribution is 0.415. The summed E-state index contributed by atoms with van der Waals surface area (Å²) in [6, 6.07) is 10.3. The van der Waals surface area contributed by atoms with E-state index in [1.54, 1.807) is 31.4 Å². The fourth-order valence-electron chi connectivity index (χ4n) is 1.61. The highest BCUT2D eigenvalue weighted by molar-refractivity contribution is 9.10. The molecule has 2 rings (SSSR count). The Morgan fingerprint density at radius 1 is 1.26 bits per heavy atom. The first-order valence-electron chi connectivity index (χ1n) is 5.61. The second-order valence-electron chi connectivity index (χ2n) is 3.95. The molecule has 100 valence electrons. The van der Waals surface area contributed by atoms with E-state index in [0.717, 1.165) is 17.0 Å². The molecule has 2 aromatic carbocycles. The van der Waals surface area contributed by atoms with Gasteiger partial charge in [-0.3, -0.25) is 0 Å². The van der Waals surface area contributed by atoms with E-state index in [1.165, 1.54) is 6.07 Å². The van der Waals surface area contributed by atoms with E-state index in [9.17, 15) is 4.39 Å². The molecule has 2 nitrogen and oxygen atoms in total. The van der Waals surface area contributed by atoms with Crippen molar-refractivity contribution in [1.29, 1.82) is 0 Å². The third kappa shape index (κ3) is 3.61. The second-order valence-corrected chi connectivity index (χ2v) is 5.21. The average Bonchev–Trinajstić information content (AvgIpc) is 2.41. The number of hydrogen-bond donors (Lipinski definition) is 1. The summed E-state index contributed by atoms with van der Waals surface area (Å²) in [6.45, 7) is 0.547. The number of methoxy groups -OCH3 is 1. The van der Waals surface area contributed by atoms with Crippen LogP contribution in [0, 0.1) is 5.82 Å². The number of benzene rings is 2. The first-order chi connectivity index (χ1) is 9.10. The Morgan fingerprint density at radius 3 is 2.74 bits per heavy atom. The third-order valence-electron chi connectivity index (χ3n) is 2.64. The molecule has 0 aliphatic carbocycles. The van der Waals surface area contributed by atoms with Gasteiger partial charge < -0.3 is 10.1 Å². The molecule has 1 N–H and O–H groups in total. The summed E-state index contributed by atoms with van der Waals surface area (Å²) in [4.78, 5) is 0. The van der Waals surface area contributed by atoms with Gasteiger partial charge in [0.25, 0.3) is 0 Å². The molecule has 5 heteroatoms. The van der Waals surface area contributed by atoms with E-state index in [0.29, 0.717) is 16.0 Å². The summed E-state index contributed by atoms with van der Waals surface area (Å²) >= 11 is 9.25. The summed E-state index contributed by atoms with van der Waals surface area (Å²) in [5.74, 6) is 0.454. The fourth-order valence-corrected chi connectivity index (χ4v) is 2.22. The zero-order valence-corrected chi connectivity index (χ0v) is 12.6. The van der Waals surface area contributed by atoms with Gasteiger partial charge in [-0.1, -0.05) is 17.7 Å². The Hall–Kier alpha value is -1.26. The highest BCUT2D eigenvalue weighted by atomic mass is 79.9. The molecule has 0 bridgehead atoms. The lowest BCUT2D eigenvalue weighted by Crippen LogP contribution is -2.00.